The van der Waals surface area contributed by atoms with Gasteiger partial charge < -0.3 is 10.1 Å². The van der Waals surface area contributed by atoms with Gasteiger partial charge >= 0.3 is 5.97 Å². The Hall–Kier alpha value is -2.14. The van der Waals surface area contributed by atoms with E-state index in [1.165, 1.54) is 0 Å². The third kappa shape index (κ3) is 4.16. The molecule has 0 aliphatic carbocycles. The van der Waals surface area contributed by atoms with Crippen LogP contribution in [0.5, 0.6) is 0 Å². The minimum atomic E-state index is -0.543. The summed E-state index contributed by atoms with van der Waals surface area (Å²) in [7, 11) is 0. The monoisotopic (exact) mass is 306 g/mol. The van der Waals surface area contributed by atoms with Crippen LogP contribution in [0.2, 0.25) is 5.15 Å². The topological polar surface area (TPSA) is 68.3 Å². The molecule has 6 heteroatoms. The molecule has 2 rings (SSSR count). The van der Waals surface area contributed by atoms with Crippen LogP contribution in [0.25, 0.3) is 10.9 Å². The number of carbonyl (C=O) groups excluding carboxylic acids is 2. The number of nitrogens with one attached hydrogen (secondary N) is 1. The molecule has 0 aliphatic heterocycles. The highest BCUT2D eigenvalue weighted by Gasteiger charge is 2.10. The summed E-state index contributed by atoms with van der Waals surface area (Å²) in [5.41, 5.74) is 1.06. The maximum atomic E-state index is 11.9. The minimum Gasteiger partial charge on any atom is -0.452 e. The number of nitrogens with zero attached hydrogens (tertiary/aromatic N) is 1. The van der Waals surface area contributed by atoms with Crippen molar-refractivity contribution in [2.24, 2.45) is 0 Å². The van der Waals surface area contributed by atoms with Gasteiger partial charge in [-0.15, -0.1) is 0 Å². The Kier molecular flexibility index (Phi) is 5.11. The summed E-state index contributed by atoms with van der Waals surface area (Å²) in [5, 5.41) is 3.81. The highest BCUT2D eigenvalue weighted by Crippen LogP contribution is 2.17. The summed E-state index contributed by atoms with van der Waals surface area (Å²) in [6, 6.07) is 8.37. The number of halogens is 1. The largest absolute Gasteiger partial charge is 0.452 e. The maximum Gasteiger partial charge on any atom is 0.338 e. The molecule has 0 radical (unpaired) electrons. The summed E-state index contributed by atoms with van der Waals surface area (Å²) in [5.74, 6) is -0.849. The van der Waals surface area contributed by atoms with E-state index in [9.17, 15) is 9.59 Å². The van der Waals surface area contributed by atoms with Crippen molar-refractivity contribution < 1.29 is 14.3 Å². The molecule has 1 aromatic heterocycles. The molecule has 0 bridgehead atoms. The number of fused-ring (bicyclic) bond motifs is 1. The Labute approximate surface area is 127 Å². The van der Waals surface area contributed by atoms with Crippen LogP contribution < -0.4 is 5.32 Å². The molecular weight excluding hydrogens is 292 g/mol. The van der Waals surface area contributed by atoms with Crippen LogP contribution in [0.4, 0.5) is 0 Å². The Morgan fingerprint density at radius 3 is 2.86 bits per heavy atom. The number of amides is 1. The Balaban J connectivity index is 2.02. The third-order valence-corrected chi connectivity index (χ3v) is 3.01. The van der Waals surface area contributed by atoms with E-state index in [4.69, 9.17) is 16.3 Å². The summed E-state index contributed by atoms with van der Waals surface area (Å²) in [4.78, 5) is 27.4. The van der Waals surface area contributed by atoms with Crippen molar-refractivity contribution in [3.05, 3.63) is 41.0 Å². The molecule has 5 nitrogen and oxygen atoms in total. The predicted molar refractivity (Wildman–Crippen MR) is 80.3 cm³/mol. The molecule has 110 valence electrons. The zero-order valence-corrected chi connectivity index (χ0v) is 12.3. The van der Waals surface area contributed by atoms with E-state index in [1.54, 1.807) is 30.3 Å². The zero-order valence-electron chi connectivity index (χ0n) is 11.6. The summed E-state index contributed by atoms with van der Waals surface area (Å²) in [6.07, 6.45) is 0.833. The normalized spacial score (nSPS) is 10.4. The second-order valence-electron chi connectivity index (χ2n) is 4.47. The van der Waals surface area contributed by atoms with Gasteiger partial charge in [-0.05, 0) is 36.8 Å². The number of carbonyl (C=O) groups is 2. The van der Waals surface area contributed by atoms with Crippen molar-refractivity contribution in [1.82, 2.24) is 10.3 Å². The molecule has 1 N–H and O–H groups in total. The molecule has 0 saturated carbocycles. The van der Waals surface area contributed by atoms with E-state index in [0.29, 0.717) is 22.8 Å². The summed E-state index contributed by atoms with van der Waals surface area (Å²) < 4.78 is 4.96. The van der Waals surface area contributed by atoms with E-state index < -0.39 is 5.97 Å². The minimum absolute atomic E-state index is 0.282. The lowest BCUT2D eigenvalue weighted by Crippen LogP contribution is -2.29. The van der Waals surface area contributed by atoms with Crippen LogP contribution in [0.3, 0.4) is 0 Å². The van der Waals surface area contributed by atoms with Crippen molar-refractivity contribution in [3.8, 4) is 0 Å². The average molecular weight is 307 g/mol. The van der Waals surface area contributed by atoms with Crippen molar-refractivity contribution in [1.29, 1.82) is 0 Å². The number of ether oxygens (including phenoxy) is 1. The first-order valence-corrected chi connectivity index (χ1v) is 6.98. The van der Waals surface area contributed by atoms with E-state index in [2.05, 4.69) is 10.3 Å². The van der Waals surface area contributed by atoms with Crippen LogP contribution >= 0.6 is 11.6 Å². The van der Waals surface area contributed by atoms with Crippen LogP contribution in [0, 0.1) is 0 Å². The third-order valence-electron chi connectivity index (χ3n) is 2.80. The van der Waals surface area contributed by atoms with Crippen molar-refractivity contribution in [2.45, 2.75) is 13.3 Å². The van der Waals surface area contributed by atoms with Gasteiger partial charge in [-0.2, -0.15) is 0 Å². The van der Waals surface area contributed by atoms with E-state index in [-0.39, 0.29) is 12.5 Å². The number of pyridine rings is 1. The Morgan fingerprint density at radius 1 is 1.29 bits per heavy atom. The highest BCUT2D eigenvalue weighted by atomic mass is 35.5. The quantitative estimate of drug-likeness (QED) is 0.681. The first-order chi connectivity index (χ1) is 10.1. The lowest BCUT2D eigenvalue weighted by atomic mass is 10.1. The van der Waals surface area contributed by atoms with Gasteiger partial charge in [0, 0.05) is 11.9 Å². The van der Waals surface area contributed by atoms with Crippen LogP contribution in [-0.2, 0) is 9.53 Å². The molecule has 0 fully saturated rings. The number of hydrogen-bond donors (Lipinski definition) is 1. The van der Waals surface area contributed by atoms with E-state index in [0.717, 1.165) is 11.8 Å². The maximum absolute atomic E-state index is 11.9. The Bertz CT molecular complexity index is 673. The number of rotatable bonds is 5. The molecular formula is C15H15ClN2O3. The number of aromatic nitrogens is 1. The van der Waals surface area contributed by atoms with Gasteiger partial charge in [0.05, 0.1) is 11.1 Å². The first kappa shape index (κ1) is 15.3. The molecule has 1 heterocycles. The second-order valence-corrected chi connectivity index (χ2v) is 4.85. The highest BCUT2D eigenvalue weighted by molar-refractivity contribution is 6.29. The standard InChI is InChI=1S/C15H15ClN2O3/c1-2-7-17-14(19)9-21-15(20)11-3-5-12-10(8-11)4-6-13(16)18-12/h3-6,8H,2,7,9H2,1H3,(H,17,19). The number of esters is 1. The molecule has 1 amide bonds. The van der Waals surface area contributed by atoms with Gasteiger partial charge in [-0.1, -0.05) is 18.5 Å². The van der Waals surface area contributed by atoms with Crippen LogP contribution in [-0.4, -0.2) is 30.0 Å². The summed E-state index contributed by atoms with van der Waals surface area (Å²) in [6.45, 7) is 2.23. The van der Waals surface area contributed by atoms with Gasteiger partial charge in [0.2, 0.25) is 0 Å². The fourth-order valence-corrected chi connectivity index (χ4v) is 1.91. The average Bonchev–Trinajstić information content (AvgIpc) is 2.49. The smallest absolute Gasteiger partial charge is 0.338 e. The van der Waals surface area contributed by atoms with Gasteiger partial charge in [-0.3, -0.25) is 4.79 Å². The van der Waals surface area contributed by atoms with Gasteiger partial charge in [-0.25, -0.2) is 9.78 Å². The Morgan fingerprint density at radius 2 is 2.10 bits per heavy atom. The van der Waals surface area contributed by atoms with Crippen LogP contribution in [0.1, 0.15) is 23.7 Å². The molecule has 1 aromatic carbocycles. The molecule has 2 aromatic rings. The fraction of sp³-hybridized carbons (Fsp3) is 0.267. The molecule has 0 saturated heterocycles. The molecule has 0 spiro atoms. The van der Waals surface area contributed by atoms with Gasteiger partial charge in [0.25, 0.3) is 5.91 Å². The van der Waals surface area contributed by atoms with Crippen molar-refractivity contribution in [3.63, 3.8) is 0 Å². The summed E-state index contributed by atoms with van der Waals surface area (Å²) >= 11 is 5.80. The number of benzene rings is 1. The van der Waals surface area contributed by atoms with Crippen molar-refractivity contribution in [2.75, 3.05) is 13.2 Å². The molecule has 21 heavy (non-hydrogen) atoms. The van der Waals surface area contributed by atoms with E-state index in [1.807, 2.05) is 6.92 Å². The lowest BCUT2D eigenvalue weighted by molar-refractivity contribution is -0.124. The molecule has 0 unspecified atom stereocenters. The fourth-order valence-electron chi connectivity index (χ4n) is 1.76. The zero-order chi connectivity index (χ0) is 15.2. The SMILES string of the molecule is CCCNC(=O)COC(=O)c1ccc2nc(Cl)ccc2c1. The number of hydrogen-bond acceptors (Lipinski definition) is 4. The van der Waals surface area contributed by atoms with Gasteiger partial charge in [0.15, 0.2) is 6.61 Å². The predicted octanol–water partition coefficient (Wildman–Crippen LogP) is 2.57. The molecule has 0 aliphatic rings. The lowest BCUT2D eigenvalue weighted by Gasteiger charge is -2.06. The van der Waals surface area contributed by atoms with Gasteiger partial charge in [0.1, 0.15) is 5.15 Å². The second kappa shape index (κ2) is 7.04. The first-order valence-electron chi connectivity index (χ1n) is 6.60. The van der Waals surface area contributed by atoms with Crippen LogP contribution in [0.15, 0.2) is 30.3 Å². The molecule has 0 atom stereocenters. The van der Waals surface area contributed by atoms with E-state index >= 15 is 0 Å². The van der Waals surface area contributed by atoms with Crippen molar-refractivity contribution >= 4 is 34.4 Å².